The highest BCUT2D eigenvalue weighted by atomic mass is 32.2. The molecule has 0 radical (unpaired) electrons. The van der Waals surface area contributed by atoms with E-state index in [0.29, 0.717) is 13.1 Å². The van der Waals surface area contributed by atoms with Gasteiger partial charge in [0.15, 0.2) is 4.90 Å². The van der Waals surface area contributed by atoms with Crippen LogP contribution in [0.5, 0.6) is 0 Å². The standard InChI is InChI=1S/C14H19N3O4S/c15-12-5-3-4-10-8-16(9-11(10)12)22(20,21)14-7-2-1-6-13(14)17(18)19/h1-2,6-7,10-12H,3-5,8-9,15H2. The van der Waals surface area contributed by atoms with E-state index in [0.717, 1.165) is 19.3 Å². The molecule has 3 unspecified atom stereocenters. The number of nitro groups is 1. The van der Waals surface area contributed by atoms with Crippen molar-refractivity contribution in [1.82, 2.24) is 4.31 Å². The average molecular weight is 325 g/mol. The van der Waals surface area contributed by atoms with Crippen molar-refractivity contribution in [3.63, 3.8) is 0 Å². The van der Waals surface area contributed by atoms with Crippen molar-refractivity contribution in [3.05, 3.63) is 34.4 Å². The fraction of sp³-hybridized carbons (Fsp3) is 0.571. The summed E-state index contributed by atoms with van der Waals surface area (Å²) in [5.74, 6) is 0.424. The van der Waals surface area contributed by atoms with Gasteiger partial charge in [0.25, 0.3) is 5.69 Å². The van der Waals surface area contributed by atoms with Crippen molar-refractivity contribution in [3.8, 4) is 0 Å². The van der Waals surface area contributed by atoms with Crippen LogP contribution >= 0.6 is 0 Å². The summed E-state index contributed by atoms with van der Waals surface area (Å²) in [6.07, 6.45) is 2.91. The first-order valence-corrected chi connectivity index (χ1v) is 8.84. The smallest absolute Gasteiger partial charge is 0.289 e. The number of rotatable bonds is 3. The third-order valence-electron chi connectivity index (χ3n) is 4.80. The Kier molecular flexibility index (Phi) is 3.92. The molecular weight excluding hydrogens is 306 g/mol. The molecule has 1 aromatic rings. The SMILES string of the molecule is NC1CCCC2CN(S(=O)(=O)c3ccccc3[N+](=O)[O-])CC12. The van der Waals surface area contributed by atoms with Crippen LogP contribution in [0.3, 0.4) is 0 Å². The highest BCUT2D eigenvalue weighted by Crippen LogP contribution is 2.38. The first-order valence-electron chi connectivity index (χ1n) is 7.40. The lowest BCUT2D eigenvalue weighted by atomic mass is 9.78. The van der Waals surface area contributed by atoms with Gasteiger partial charge in [0.1, 0.15) is 0 Å². The van der Waals surface area contributed by atoms with Crippen molar-refractivity contribution < 1.29 is 13.3 Å². The van der Waals surface area contributed by atoms with Gasteiger partial charge in [-0.1, -0.05) is 18.6 Å². The number of hydrogen-bond acceptors (Lipinski definition) is 5. The molecule has 22 heavy (non-hydrogen) atoms. The molecule has 1 aliphatic carbocycles. The van der Waals surface area contributed by atoms with Crippen LogP contribution in [0, 0.1) is 22.0 Å². The van der Waals surface area contributed by atoms with Crippen LogP contribution in [0.1, 0.15) is 19.3 Å². The van der Waals surface area contributed by atoms with Gasteiger partial charge in [0.2, 0.25) is 10.0 Å². The summed E-state index contributed by atoms with van der Waals surface area (Å²) in [6, 6.07) is 5.52. The van der Waals surface area contributed by atoms with Gasteiger partial charge < -0.3 is 5.73 Å². The van der Waals surface area contributed by atoms with Crippen molar-refractivity contribution in [2.75, 3.05) is 13.1 Å². The summed E-state index contributed by atoms with van der Waals surface area (Å²) in [6.45, 7) is 0.771. The summed E-state index contributed by atoms with van der Waals surface area (Å²) in [5.41, 5.74) is 5.74. The topological polar surface area (TPSA) is 107 Å². The fourth-order valence-electron chi connectivity index (χ4n) is 3.64. The normalized spacial score (nSPS) is 29.2. The molecule has 2 fully saturated rings. The van der Waals surface area contributed by atoms with E-state index in [-0.39, 0.29) is 28.5 Å². The summed E-state index contributed by atoms with van der Waals surface area (Å²) < 4.78 is 27.0. The molecule has 8 heteroatoms. The van der Waals surface area contributed by atoms with E-state index < -0.39 is 14.9 Å². The zero-order chi connectivity index (χ0) is 15.9. The highest BCUT2D eigenvalue weighted by molar-refractivity contribution is 7.89. The van der Waals surface area contributed by atoms with Crippen LogP contribution in [0.2, 0.25) is 0 Å². The zero-order valence-corrected chi connectivity index (χ0v) is 12.9. The molecule has 1 aromatic carbocycles. The Balaban J connectivity index is 1.93. The number of para-hydroxylation sites is 1. The van der Waals surface area contributed by atoms with Gasteiger partial charge in [-0.2, -0.15) is 4.31 Å². The van der Waals surface area contributed by atoms with Crippen LogP contribution in [-0.4, -0.2) is 36.8 Å². The summed E-state index contributed by atoms with van der Waals surface area (Å²) in [5, 5.41) is 11.1. The second-order valence-electron chi connectivity index (χ2n) is 6.07. The molecule has 3 rings (SSSR count). The first kappa shape index (κ1) is 15.4. The molecule has 1 heterocycles. The van der Waals surface area contributed by atoms with Crippen molar-refractivity contribution in [2.24, 2.45) is 17.6 Å². The van der Waals surface area contributed by atoms with Gasteiger partial charge in [0.05, 0.1) is 4.92 Å². The average Bonchev–Trinajstić information content (AvgIpc) is 2.93. The van der Waals surface area contributed by atoms with Gasteiger partial charge in [-0.05, 0) is 30.7 Å². The highest BCUT2D eigenvalue weighted by Gasteiger charge is 2.44. The molecule has 1 saturated heterocycles. The maximum atomic E-state index is 12.8. The first-order chi connectivity index (χ1) is 10.4. The van der Waals surface area contributed by atoms with Crippen LogP contribution in [0.4, 0.5) is 5.69 Å². The number of sulfonamides is 1. The number of hydrogen-bond donors (Lipinski definition) is 1. The molecule has 7 nitrogen and oxygen atoms in total. The number of nitrogens with two attached hydrogens (primary N) is 1. The van der Waals surface area contributed by atoms with E-state index in [1.807, 2.05) is 0 Å². The van der Waals surface area contributed by atoms with Gasteiger partial charge in [-0.15, -0.1) is 0 Å². The predicted molar refractivity (Wildman–Crippen MR) is 80.7 cm³/mol. The van der Waals surface area contributed by atoms with E-state index in [1.54, 1.807) is 0 Å². The van der Waals surface area contributed by atoms with Crippen LogP contribution in [0.25, 0.3) is 0 Å². The number of nitrogens with zero attached hydrogens (tertiary/aromatic N) is 2. The Morgan fingerprint density at radius 1 is 1.23 bits per heavy atom. The van der Waals surface area contributed by atoms with Gasteiger partial charge in [-0.3, -0.25) is 10.1 Å². The van der Waals surface area contributed by atoms with Crippen LogP contribution < -0.4 is 5.73 Å². The zero-order valence-electron chi connectivity index (χ0n) is 12.1. The molecule has 0 aromatic heterocycles. The lowest BCUT2D eigenvalue weighted by Crippen LogP contribution is -2.38. The quantitative estimate of drug-likeness (QED) is 0.666. The Morgan fingerprint density at radius 3 is 2.64 bits per heavy atom. The summed E-state index contributed by atoms with van der Waals surface area (Å²) in [4.78, 5) is 10.2. The minimum atomic E-state index is -3.86. The molecule has 0 spiro atoms. The van der Waals surface area contributed by atoms with Gasteiger partial charge in [0, 0.05) is 25.2 Å². The maximum absolute atomic E-state index is 12.8. The molecular formula is C14H19N3O4S. The largest absolute Gasteiger partial charge is 0.327 e. The van der Waals surface area contributed by atoms with Crippen molar-refractivity contribution >= 4 is 15.7 Å². The molecule has 0 bridgehead atoms. The summed E-state index contributed by atoms with van der Waals surface area (Å²) >= 11 is 0. The van der Waals surface area contributed by atoms with E-state index in [9.17, 15) is 18.5 Å². The van der Waals surface area contributed by atoms with Crippen LogP contribution in [-0.2, 0) is 10.0 Å². The third-order valence-corrected chi connectivity index (χ3v) is 6.68. The van der Waals surface area contributed by atoms with E-state index in [1.165, 1.54) is 28.6 Å². The molecule has 2 aliphatic rings. The Hall–Kier alpha value is -1.51. The third kappa shape index (κ3) is 2.51. The van der Waals surface area contributed by atoms with Crippen molar-refractivity contribution in [1.29, 1.82) is 0 Å². The molecule has 1 saturated carbocycles. The minimum Gasteiger partial charge on any atom is -0.327 e. The molecule has 1 aliphatic heterocycles. The number of fused-ring (bicyclic) bond motifs is 1. The Bertz CT molecular complexity index is 691. The molecule has 3 atom stereocenters. The number of benzene rings is 1. The minimum absolute atomic E-state index is 0.0182. The predicted octanol–water partition coefficient (Wildman–Crippen LogP) is 1.34. The lowest BCUT2D eigenvalue weighted by Gasteiger charge is -2.29. The second-order valence-corrected chi connectivity index (χ2v) is 7.97. The number of nitro benzene ring substituents is 1. The monoisotopic (exact) mass is 325 g/mol. The fourth-order valence-corrected chi connectivity index (χ4v) is 5.33. The van der Waals surface area contributed by atoms with E-state index in [2.05, 4.69) is 0 Å². The summed E-state index contributed by atoms with van der Waals surface area (Å²) in [7, 11) is -3.86. The Labute approximate surface area is 129 Å². The van der Waals surface area contributed by atoms with Gasteiger partial charge >= 0.3 is 0 Å². The maximum Gasteiger partial charge on any atom is 0.289 e. The lowest BCUT2D eigenvalue weighted by molar-refractivity contribution is -0.387. The second kappa shape index (κ2) is 5.60. The Morgan fingerprint density at radius 2 is 1.95 bits per heavy atom. The van der Waals surface area contributed by atoms with Gasteiger partial charge in [-0.25, -0.2) is 8.42 Å². The van der Waals surface area contributed by atoms with E-state index in [4.69, 9.17) is 5.73 Å². The van der Waals surface area contributed by atoms with Crippen LogP contribution in [0.15, 0.2) is 29.2 Å². The molecule has 0 amide bonds. The molecule has 120 valence electrons. The van der Waals surface area contributed by atoms with Crippen molar-refractivity contribution in [2.45, 2.75) is 30.2 Å². The molecule has 2 N–H and O–H groups in total. The van der Waals surface area contributed by atoms with E-state index >= 15 is 0 Å².